The summed E-state index contributed by atoms with van der Waals surface area (Å²) in [6, 6.07) is 0. The lowest BCUT2D eigenvalue weighted by atomic mass is 9.94. The minimum atomic E-state index is -0.195. The molecule has 0 amide bonds. The quantitative estimate of drug-likeness (QED) is 0.380. The van der Waals surface area contributed by atoms with E-state index < -0.39 is 0 Å². The topological polar surface area (TPSA) is 74.7 Å². The molecule has 1 aliphatic heterocycles. The number of rotatable bonds is 4. The van der Waals surface area contributed by atoms with Gasteiger partial charge in [-0.15, -0.1) is 11.3 Å². The smallest absolute Gasteiger partial charge is 0.155 e. The summed E-state index contributed by atoms with van der Waals surface area (Å²) in [6.07, 6.45) is 5.78. The predicted molar refractivity (Wildman–Crippen MR) is 76.3 cm³/mol. The molecular formula is C11H18N4OS2. The van der Waals surface area contributed by atoms with Crippen molar-refractivity contribution in [2.75, 3.05) is 19.3 Å². The summed E-state index contributed by atoms with van der Waals surface area (Å²) in [4.78, 5) is 7.77. The number of aromatic nitrogens is 1. The molecule has 2 heterocycles. The average molecular weight is 286 g/mol. The third kappa shape index (κ3) is 2.78. The fraction of sp³-hybridized carbons (Fsp3) is 0.636. The first-order valence-electron chi connectivity index (χ1n) is 5.83. The van der Waals surface area contributed by atoms with Gasteiger partial charge in [-0.05, 0) is 19.1 Å². The fourth-order valence-corrected chi connectivity index (χ4v) is 3.75. The molecule has 0 aliphatic carbocycles. The van der Waals surface area contributed by atoms with Crippen molar-refractivity contribution < 1.29 is 5.21 Å². The second-order valence-corrected chi connectivity index (χ2v) is 6.59. The Morgan fingerprint density at radius 3 is 2.89 bits per heavy atom. The van der Waals surface area contributed by atoms with Crippen LogP contribution in [-0.4, -0.2) is 45.0 Å². The molecule has 0 aromatic carbocycles. The van der Waals surface area contributed by atoms with Gasteiger partial charge in [-0.2, -0.15) is 11.8 Å². The molecule has 2 rings (SSSR count). The number of hydrogen-bond acceptors (Lipinski definition) is 6. The van der Waals surface area contributed by atoms with E-state index in [9.17, 15) is 0 Å². The number of hydrogen-bond donors (Lipinski definition) is 2. The van der Waals surface area contributed by atoms with Crippen molar-refractivity contribution >= 4 is 28.9 Å². The van der Waals surface area contributed by atoms with E-state index >= 15 is 0 Å². The van der Waals surface area contributed by atoms with Crippen molar-refractivity contribution in [2.24, 2.45) is 10.9 Å². The highest BCUT2D eigenvalue weighted by Crippen LogP contribution is 2.35. The summed E-state index contributed by atoms with van der Waals surface area (Å²) in [5, 5.41) is 12.1. The van der Waals surface area contributed by atoms with Crippen LogP contribution < -0.4 is 5.73 Å². The molecule has 0 spiro atoms. The molecule has 1 saturated heterocycles. The van der Waals surface area contributed by atoms with Crippen LogP contribution in [0.25, 0.3) is 0 Å². The van der Waals surface area contributed by atoms with Gasteiger partial charge >= 0.3 is 0 Å². The first-order valence-corrected chi connectivity index (χ1v) is 7.93. The van der Waals surface area contributed by atoms with Crippen molar-refractivity contribution in [1.29, 1.82) is 0 Å². The van der Waals surface area contributed by atoms with E-state index in [0.717, 1.165) is 32.5 Å². The lowest BCUT2D eigenvalue weighted by molar-refractivity contribution is 0.211. The number of thiazole rings is 1. The van der Waals surface area contributed by atoms with Crippen LogP contribution in [0.5, 0.6) is 0 Å². The first kappa shape index (κ1) is 13.6. The average Bonchev–Trinajstić information content (AvgIpc) is 2.92. The first-order chi connectivity index (χ1) is 8.70. The van der Waals surface area contributed by atoms with Crippen LogP contribution in [0.15, 0.2) is 16.9 Å². The number of amidine groups is 1. The molecule has 0 saturated carbocycles. The third-order valence-electron chi connectivity index (χ3n) is 3.49. The van der Waals surface area contributed by atoms with Gasteiger partial charge in [-0.1, -0.05) is 5.16 Å². The van der Waals surface area contributed by atoms with E-state index in [-0.39, 0.29) is 4.75 Å². The minimum Gasteiger partial charge on any atom is -0.409 e. The number of likely N-dealkylation sites (tertiary alicyclic amines) is 1. The largest absolute Gasteiger partial charge is 0.409 e. The lowest BCUT2D eigenvalue weighted by Crippen LogP contribution is -2.49. The van der Waals surface area contributed by atoms with E-state index in [0.29, 0.717) is 5.84 Å². The molecule has 0 radical (unpaired) electrons. The Balaban J connectivity index is 1.94. The predicted octanol–water partition coefficient (Wildman–Crippen LogP) is 1.59. The summed E-state index contributed by atoms with van der Waals surface area (Å²) in [5.74, 6) is 0.354. The van der Waals surface area contributed by atoms with Gasteiger partial charge in [0, 0.05) is 30.7 Å². The van der Waals surface area contributed by atoms with Crippen molar-refractivity contribution in [3.63, 3.8) is 0 Å². The van der Waals surface area contributed by atoms with E-state index in [1.807, 2.05) is 18.0 Å². The number of nitrogens with two attached hydrogens (primary N) is 1. The Morgan fingerprint density at radius 2 is 2.39 bits per heavy atom. The number of nitrogens with zero attached hydrogens (tertiary/aromatic N) is 3. The maximum Gasteiger partial charge on any atom is 0.155 e. The van der Waals surface area contributed by atoms with Crippen molar-refractivity contribution in [3.8, 4) is 0 Å². The zero-order valence-corrected chi connectivity index (χ0v) is 12.0. The monoisotopic (exact) mass is 286 g/mol. The molecule has 0 unspecified atom stereocenters. The van der Waals surface area contributed by atoms with Gasteiger partial charge in [0.25, 0.3) is 0 Å². The summed E-state index contributed by atoms with van der Waals surface area (Å²) in [5.41, 5.74) is 7.69. The van der Waals surface area contributed by atoms with Crippen molar-refractivity contribution in [2.45, 2.75) is 24.1 Å². The van der Waals surface area contributed by atoms with Gasteiger partial charge in [0.05, 0.1) is 10.3 Å². The van der Waals surface area contributed by atoms with Gasteiger partial charge in [0.15, 0.2) is 5.84 Å². The maximum absolute atomic E-state index is 8.89. The Hall–Kier alpha value is -0.790. The Morgan fingerprint density at radius 1 is 1.67 bits per heavy atom. The highest BCUT2D eigenvalue weighted by Gasteiger charge is 2.38. The van der Waals surface area contributed by atoms with E-state index in [1.165, 1.54) is 4.88 Å². The second-order valence-electron chi connectivity index (χ2n) is 4.43. The highest BCUT2D eigenvalue weighted by molar-refractivity contribution is 8.00. The third-order valence-corrected chi connectivity index (χ3v) is 5.66. The molecule has 18 heavy (non-hydrogen) atoms. The molecule has 1 aromatic heterocycles. The Bertz CT molecular complexity index is 399. The van der Waals surface area contributed by atoms with Crippen LogP contribution in [0.3, 0.4) is 0 Å². The van der Waals surface area contributed by atoms with E-state index in [4.69, 9.17) is 10.9 Å². The molecule has 0 bridgehead atoms. The number of oxime groups is 1. The fourth-order valence-electron chi connectivity index (χ4n) is 2.27. The minimum absolute atomic E-state index is 0.195. The molecule has 7 heteroatoms. The van der Waals surface area contributed by atoms with Crippen LogP contribution in [0.1, 0.15) is 17.7 Å². The Kier molecular flexibility index (Phi) is 4.47. The molecule has 5 nitrogen and oxygen atoms in total. The van der Waals surface area contributed by atoms with Gasteiger partial charge in [-0.3, -0.25) is 9.88 Å². The van der Waals surface area contributed by atoms with Crippen LogP contribution in [0.4, 0.5) is 0 Å². The van der Waals surface area contributed by atoms with Crippen LogP contribution >= 0.6 is 23.1 Å². The van der Waals surface area contributed by atoms with E-state index in [1.54, 1.807) is 23.1 Å². The zero-order valence-electron chi connectivity index (χ0n) is 10.4. The standard InChI is InChI=1S/C11H18N4OS2/c1-17-11(10(12)14-16)2-4-15(5-3-11)7-9-6-13-8-18-9/h6,8,16H,2-5,7H2,1H3,(H2,12,14). The van der Waals surface area contributed by atoms with E-state index in [2.05, 4.69) is 15.0 Å². The van der Waals surface area contributed by atoms with Gasteiger partial charge in [0.2, 0.25) is 0 Å². The molecular weight excluding hydrogens is 268 g/mol. The van der Waals surface area contributed by atoms with Crippen molar-refractivity contribution in [3.05, 3.63) is 16.6 Å². The number of thioether (sulfide) groups is 1. The molecule has 0 atom stereocenters. The summed E-state index contributed by atoms with van der Waals surface area (Å²) >= 11 is 3.37. The highest BCUT2D eigenvalue weighted by atomic mass is 32.2. The lowest BCUT2D eigenvalue weighted by Gasteiger charge is -2.39. The summed E-state index contributed by atoms with van der Waals surface area (Å²) < 4.78 is -0.195. The van der Waals surface area contributed by atoms with Crippen LogP contribution in [0.2, 0.25) is 0 Å². The summed E-state index contributed by atoms with van der Waals surface area (Å²) in [7, 11) is 0. The van der Waals surface area contributed by atoms with Crippen LogP contribution in [-0.2, 0) is 6.54 Å². The SMILES string of the molecule is CSC1(C(N)=NO)CCN(Cc2cncs2)CC1. The zero-order chi connectivity index (χ0) is 13.0. The Labute approximate surface area is 115 Å². The normalized spacial score (nSPS) is 21.1. The van der Waals surface area contributed by atoms with Crippen LogP contribution in [0, 0.1) is 0 Å². The molecule has 1 aliphatic rings. The van der Waals surface area contributed by atoms with Gasteiger partial charge in [-0.25, -0.2) is 0 Å². The number of piperidine rings is 1. The van der Waals surface area contributed by atoms with Gasteiger partial charge < -0.3 is 10.9 Å². The summed E-state index contributed by atoms with van der Waals surface area (Å²) in [6.45, 7) is 2.88. The molecule has 100 valence electrons. The molecule has 1 aromatic rings. The second kappa shape index (κ2) is 5.90. The molecule has 1 fully saturated rings. The maximum atomic E-state index is 8.89. The molecule has 3 N–H and O–H groups in total. The van der Waals surface area contributed by atoms with Crippen molar-refractivity contribution in [1.82, 2.24) is 9.88 Å². The van der Waals surface area contributed by atoms with Gasteiger partial charge in [0.1, 0.15) is 0 Å².